The van der Waals surface area contributed by atoms with E-state index >= 15 is 0 Å². The van der Waals surface area contributed by atoms with Gasteiger partial charge in [0.05, 0.1) is 11.9 Å². The van der Waals surface area contributed by atoms with Gasteiger partial charge in [0.2, 0.25) is 5.91 Å². The molecule has 2 aromatic heterocycles. The van der Waals surface area contributed by atoms with Crippen LogP contribution in [-0.4, -0.2) is 32.2 Å². The van der Waals surface area contributed by atoms with Crippen LogP contribution >= 0.6 is 0 Å². The van der Waals surface area contributed by atoms with Crippen molar-refractivity contribution in [3.8, 4) is 5.69 Å². The molecule has 3 rings (SSSR count). The summed E-state index contributed by atoms with van der Waals surface area (Å²) in [6, 6.07) is 9.52. The summed E-state index contributed by atoms with van der Waals surface area (Å²) in [5.74, 6) is 0.462. The topological polar surface area (TPSA) is 92.7 Å². The number of aromatic amines is 1. The molecule has 3 aromatic rings. The number of nitrogens with one attached hydrogen (secondary N) is 2. The number of benzene rings is 1. The lowest BCUT2D eigenvalue weighted by Crippen LogP contribution is -2.25. The number of rotatable bonds is 8. The fraction of sp³-hybridized carbons (Fsp3) is 0.368. The van der Waals surface area contributed by atoms with Gasteiger partial charge in [-0.2, -0.15) is 5.10 Å². The number of aryl methyl sites for hydroxylation is 1. The van der Waals surface area contributed by atoms with E-state index < -0.39 is 0 Å². The second-order valence-electron chi connectivity index (χ2n) is 6.20. The van der Waals surface area contributed by atoms with Crippen LogP contribution < -0.4 is 10.9 Å². The fourth-order valence-electron chi connectivity index (χ4n) is 2.76. The molecular formula is C19H23N5O2. The summed E-state index contributed by atoms with van der Waals surface area (Å²) in [6.45, 7) is 2.82. The number of H-pyrrole nitrogens is 1. The molecule has 0 saturated carbocycles. The predicted molar refractivity (Wildman–Crippen MR) is 100 cm³/mol. The second-order valence-corrected chi connectivity index (χ2v) is 6.20. The van der Waals surface area contributed by atoms with Crippen molar-refractivity contribution in [2.45, 2.75) is 39.0 Å². The molecular weight excluding hydrogens is 330 g/mol. The van der Waals surface area contributed by atoms with E-state index in [9.17, 15) is 9.59 Å². The number of hydrogen-bond acceptors (Lipinski definition) is 4. The lowest BCUT2D eigenvalue weighted by molar-refractivity contribution is -0.121. The van der Waals surface area contributed by atoms with E-state index in [0.717, 1.165) is 24.9 Å². The molecule has 0 aliphatic heterocycles. The number of carbonyl (C=O) groups excluding carboxylic acids is 1. The zero-order chi connectivity index (χ0) is 18.4. The first-order valence-corrected chi connectivity index (χ1v) is 8.98. The highest BCUT2D eigenvalue weighted by Gasteiger charge is 2.12. The van der Waals surface area contributed by atoms with Gasteiger partial charge in [0.25, 0.3) is 5.56 Å². The molecule has 1 aromatic carbocycles. The third kappa shape index (κ3) is 4.17. The number of para-hydroxylation sites is 1. The van der Waals surface area contributed by atoms with Crippen molar-refractivity contribution in [3.63, 3.8) is 0 Å². The Kier molecular flexibility index (Phi) is 5.78. The van der Waals surface area contributed by atoms with Gasteiger partial charge in [0.1, 0.15) is 11.2 Å². The van der Waals surface area contributed by atoms with E-state index in [1.807, 2.05) is 30.3 Å². The van der Waals surface area contributed by atoms with Crippen LogP contribution in [0.5, 0.6) is 0 Å². The van der Waals surface area contributed by atoms with Gasteiger partial charge in [-0.1, -0.05) is 38.0 Å². The minimum absolute atomic E-state index is 0.0274. The molecule has 0 bridgehead atoms. The monoisotopic (exact) mass is 353 g/mol. The molecule has 7 nitrogen and oxygen atoms in total. The Morgan fingerprint density at radius 2 is 2.04 bits per heavy atom. The summed E-state index contributed by atoms with van der Waals surface area (Å²) >= 11 is 0. The lowest BCUT2D eigenvalue weighted by atomic mass is 10.2. The maximum atomic E-state index is 12.3. The van der Waals surface area contributed by atoms with E-state index in [1.165, 1.54) is 6.20 Å². The minimum atomic E-state index is -0.240. The van der Waals surface area contributed by atoms with Crippen LogP contribution in [-0.2, 0) is 11.2 Å². The van der Waals surface area contributed by atoms with Crippen LogP contribution in [0, 0.1) is 0 Å². The van der Waals surface area contributed by atoms with Gasteiger partial charge in [-0.05, 0) is 18.6 Å². The Morgan fingerprint density at radius 1 is 1.23 bits per heavy atom. The molecule has 0 radical (unpaired) electrons. The summed E-state index contributed by atoms with van der Waals surface area (Å²) in [6.07, 6.45) is 5.40. The largest absolute Gasteiger partial charge is 0.356 e. The lowest BCUT2D eigenvalue weighted by Gasteiger charge is -2.06. The zero-order valence-corrected chi connectivity index (χ0v) is 14.9. The molecule has 2 N–H and O–H groups in total. The first-order valence-electron chi connectivity index (χ1n) is 8.98. The van der Waals surface area contributed by atoms with E-state index in [-0.39, 0.29) is 11.5 Å². The minimum Gasteiger partial charge on any atom is -0.356 e. The van der Waals surface area contributed by atoms with Crippen molar-refractivity contribution < 1.29 is 4.79 Å². The molecule has 0 saturated heterocycles. The number of unbranched alkanes of at least 4 members (excludes halogenated alkanes) is 2. The Labute approximate surface area is 151 Å². The van der Waals surface area contributed by atoms with Gasteiger partial charge < -0.3 is 10.3 Å². The maximum Gasteiger partial charge on any atom is 0.262 e. The van der Waals surface area contributed by atoms with Crippen molar-refractivity contribution in [2.24, 2.45) is 0 Å². The molecule has 0 unspecified atom stereocenters. The average Bonchev–Trinajstić information content (AvgIpc) is 3.09. The van der Waals surface area contributed by atoms with Gasteiger partial charge in [0.15, 0.2) is 5.65 Å². The zero-order valence-electron chi connectivity index (χ0n) is 14.9. The van der Waals surface area contributed by atoms with Gasteiger partial charge in [-0.25, -0.2) is 9.67 Å². The Balaban J connectivity index is 1.74. The maximum absolute atomic E-state index is 12.3. The van der Waals surface area contributed by atoms with Crippen LogP contribution in [0.4, 0.5) is 0 Å². The smallest absolute Gasteiger partial charge is 0.262 e. The molecule has 26 heavy (non-hydrogen) atoms. The van der Waals surface area contributed by atoms with Crippen molar-refractivity contribution in [1.29, 1.82) is 0 Å². The van der Waals surface area contributed by atoms with Gasteiger partial charge in [-0.15, -0.1) is 0 Å². The van der Waals surface area contributed by atoms with Crippen molar-refractivity contribution in [2.75, 3.05) is 6.54 Å². The molecule has 0 atom stereocenters. The number of nitrogens with zero attached hydrogens (tertiary/aromatic N) is 3. The Morgan fingerprint density at radius 3 is 2.81 bits per heavy atom. The third-order valence-electron chi connectivity index (χ3n) is 4.18. The molecule has 2 heterocycles. The number of hydrogen-bond donors (Lipinski definition) is 2. The van der Waals surface area contributed by atoms with E-state index in [0.29, 0.717) is 36.2 Å². The summed E-state index contributed by atoms with van der Waals surface area (Å²) in [5, 5.41) is 7.60. The van der Waals surface area contributed by atoms with Crippen LogP contribution in [0.1, 0.15) is 38.4 Å². The molecule has 0 spiro atoms. The Hall–Kier alpha value is -2.96. The van der Waals surface area contributed by atoms with Crippen LogP contribution in [0.3, 0.4) is 0 Å². The highest BCUT2D eigenvalue weighted by Crippen LogP contribution is 2.13. The highest BCUT2D eigenvalue weighted by atomic mass is 16.1. The van der Waals surface area contributed by atoms with Gasteiger partial charge in [0, 0.05) is 19.4 Å². The highest BCUT2D eigenvalue weighted by molar-refractivity contribution is 5.77. The molecule has 136 valence electrons. The van der Waals surface area contributed by atoms with E-state index in [1.54, 1.807) is 4.68 Å². The summed E-state index contributed by atoms with van der Waals surface area (Å²) in [4.78, 5) is 31.5. The fourth-order valence-corrected chi connectivity index (χ4v) is 2.76. The quantitative estimate of drug-likeness (QED) is 0.608. The number of aromatic nitrogens is 4. The summed E-state index contributed by atoms with van der Waals surface area (Å²) in [7, 11) is 0. The number of fused-ring (bicyclic) bond motifs is 1. The first kappa shape index (κ1) is 17.8. The van der Waals surface area contributed by atoms with Crippen molar-refractivity contribution in [1.82, 2.24) is 25.1 Å². The van der Waals surface area contributed by atoms with Crippen molar-refractivity contribution >= 4 is 16.9 Å². The second kappa shape index (κ2) is 8.42. The SMILES string of the molecule is CCCCCNC(=O)CCc1nc2c(cnn2-c2ccccc2)c(=O)[nH]1. The average molecular weight is 353 g/mol. The van der Waals surface area contributed by atoms with Crippen LogP contribution in [0.25, 0.3) is 16.7 Å². The first-order chi connectivity index (χ1) is 12.7. The molecule has 7 heteroatoms. The molecule has 0 fully saturated rings. The number of amides is 1. The van der Waals surface area contributed by atoms with Gasteiger partial charge >= 0.3 is 0 Å². The third-order valence-corrected chi connectivity index (χ3v) is 4.18. The van der Waals surface area contributed by atoms with E-state index in [2.05, 4.69) is 27.3 Å². The molecule has 0 aliphatic rings. The van der Waals surface area contributed by atoms with Crippen molar-refractivity contribution in [3.05, 3.63) is 52.7 Å². The van der Waals surface area contributed by atoms with E-state index in [4.69, 9.17) is 0 Å². The molecule has 0 aliphatic carbocycles. The van der Waals surface area contributed by atoms with Gasteiger partial charge in [-0.3, -0.25) is 9.59 Å². The Bertz CT molecular complexity index is 930. The number of carbonyl (C=O) groups is 1. The van der Waals surface area contributed by atoms with Crippen LogP contribution in [0.15, 0.2) is 41.3 Å². The summed E-state index contributed by atoms with van der Waals surface area (Å²) in [5.41, 5.74) is 1.09. The molecule has 1 amide bonds. The normalized spacial score (nSPS) is 11.0. The standard InChI is InChI=1S/C19H23N5O2/c1-2-3-7-12-20-17(25)11-10-16-22-18-15(19(26)23-16)13-21-24(18)14-8-5-4-6-9-14/h4-6,8-9,13H,2-3,7,10-12H2,1H3,(H,20,25)(H,22,23,26). The predicted octanol–water partition coefficient (Wildman–Crippen LogP) is 2.35. The summed E-state index contributed by atoms with van der Waals surface area (Å²) < 4.78 is 1.64. The van der Waals surface area contributed by atoms with Crippen LogP contribution in [0.2, 0.25) is 0 Å².